The van der Waals surface area contributed by atoms with Gasteiger partial charge in [-0.1, -0.05) is 5.10 Å². The molecule has 0 bridgehead atoms. The average Bonchev–Trinajstić information content (AvgIpc) is 2.64. The number of nitro groups is 1. The molecule has 1 rings (SSSR count). The molecule has 0 saturated carbocycles. The van der Waals surface area contributed by atoms with Crippen LogP contribution in [0.5, 0.6) is 0 Å². The van der Waals surface area contributed by atoms with Crippen molar-refractivity contribution in [3.05, 3.63) is 16.3 Å². The third-order valence-electron chi connectivity index (χ3n) is 1.73. The molecule has 0 spiro atoms. The SMILES string of the molecule is COC(=O)C(C)Nc1cn[nH]c1[N+](=O)[O-]. The summed E-state index contributed by atoms with van der Waals surface area (Å²) in [6.45, 7) is 1.53. The van der Waals surface area contributed by atoms with Crippen molar-refractivity contribution >= 4 is 17.5 Å². The molecule has 0 aliphatic heterocycles. The van der Waals surface area contributed by atoms with E-state index in [4.69, 9.17) is 0 Å². The molecular formula is C7H10N4O4. The van der Waals surface area contributed by atoms with Crippen LogP contribution < -0.4 is 5.32 Å². The summed E-state index contributed by atoms with van der Waals surface area (Å²) in [7, 11) is 1.24. The number of hydrogen-bond donors (Lipinski definition) is 2. The van der Waals surface area contributed by atoms with E-state index in [1.54, 1.807) is 0 Å². The van der Waals surface area contributed by atoms with Crippen molar-refractivity contribution in [1.82, 2.24) is 10.2 Å². The fourth-order valence-corrected chi connectivity index (χ4v) is 0.993. The number of methoxy groups -OCH3 is 1. The molecule has 1 unspecified atom stereocenters. The van der Waals surface area contributed by atoms with Crippen LogP contribution in [-0.4, -0.2) is 34.2 Å². The molecule has 8 heteroatoms. The molecule has 1 aromatic heterocycles. The van der Waals surface area contributed by atoms with Gasteiger partial charge in [-0.2, -0.15) is 0 Å². The number of esters is 1. The van der Waals surface area contributed by atoms with Crippen LogP contribution in [0.2, 0.25) is 0 Å². The van der Waals surface area contributed by atoms with Gasteiger partial charge in [0.05, 0.1) is 7.11 Å². The van der Waals surface area contributed by atoms with Crippen LogP contribution in [0, 0.1) is 10.1 Å². The highest BCUT2D eigenvalue weighted by Crippen LogP contribution is 2.20. The molecule has 1 atom stereocenters. The Labute approximate surface area is 84.8 Å². The first kappa shape index (κ1) is 11.0. The van der Waals surface area contributed by atoms with Crippen LogP contribution in [0.25, 0.3) is 0 Å². The summed E-state index contributed by atoms with van der Waals surface area (Å²) in [6.07, 6.45) is 1.23. The Morgan fingerprint density at radius 2 is 2.47 bits per heavy atom. The summed E-state index contributed by atoms with van der Waals surface area (Å²) in [5.74, 6) is -0.795. The number of carbonyl (C=O) groups excluding carboxylic acids is 1. The predicted molar refractivity (Wildman–Crippen MR) is 50.3 cm³/mol. The maximum atomic E-state index is 11.0. The molecule has 1 heterocycles. The van der Waals surface area contributed by atoms with Gasteiger partial charge in [0, 0.05) is 0 Å². The molecule has 15 heavy (non-hydrogen) atoms. The van der Waals surface area contributed by atoms with Crippen LogP contribution in [-0.2, 0) is 9.53 Å². The predicted octanol–water partition coefficient (Wildman–Crippen LogP) is 0.291. The largest absolute Gasteiger partial charge is 0.467 e. The molecule has 0 amide bonds. The second-order valence-electron chi connectivity index (χ2n) is 2.78. The van der Waals surface area contributed by atoms with Gasteiger partial charge in [-0.25, -0.2) is 4.79 Å². The molecular weight excluding hydrogens is 204 g/mol. The molecule has 8 nitrogen and oxygen atoms in total. The van der Waals surface area contributed by atoms with Gasteiger partial charge in [-0.05, 0) is 11.8 Å². The van der Waals surface area contributed by atoms with Crippen LogP contribution >= 0.6 is 0 Å². The van der Waals surface area contributed by atoms with Gasteiger partial charge in [0.1, 0.15) is 12.2 Å². The average molecular weight is 214 g/mol. The van der Waals surface area contributed by atoms with E-state index in [2.05, 4.69) is 20.3 Å². The summed E-state index contributed by atoms with van der Waals surface area (Å²) in [4.78, 5) is 20.9. The first-order valence-corrected chi connectivity index (χ1v) is 4.08. The van der Waals surface area contributed by atoms with Crippen molar-refractivity contribution in [1.29, 1.82) is 0 Å². The topological polar surface area (TPSA) is 110 Å². The van der Waals surface area contributed by atoms with E-state index in [9.17, 15) is 14.9 Å². The smallest absolute Gasteiger partial charge is 0.366 e. The molecule has 0 fully saturated rings. The Morgan fingerprint density at radius 3 is 3.00 bits per heavy atom. The fourth-order valence-electron chi connectivity index (χ4n) is 0.993. The first-order chi connectivity index (χ1) is 7.06. The van der Waals surface area contributed by atoms with Crippen molar-refractivity contribution in [2.45, 2.75) is 13.0 Å². The van der Waals surface area contributed by atoms with E-state index in [0.29, 0.717) is 0 Å². The molecule has 0 radical (unpaired) electrons. The highest BCUT2D eigenvalue weighted by molar-refractivity contribution is 5.79. The first-order valence-electron chi connectivity index (χ1n) is 4.08. The third kappa shape index (κ3) is 2.42. The second kappa shape index (κ2) is 4.40. The number of H-pyrrole nitrogens is 1. The van der Waals surface area contributed by atoms with Gasteiger partial charge in [0.2, 0.25) is 0 Å². The lowest BCUT2D eigenvalue weighted by Crippen LogP contribution is -2.27. The van der Waals surface area contributed by atoms with Crippen LogP contribution in [0.15, 0.2) is 6.20 Å². The van der Waals surface area contributed by atoms with E-state index >= 15 is 0 Å². The number of aromatic amines is 1. The zero-order chi connectivity index (χ0) is 11.4. The molecule has 0 aromatic carbocycles. The van der Waals surface area contributed by atoms with Crippen molar-refractivity contribution in [2.75, 3.05) is 12.4 Å². The zero-order valence-corrected chi connectivity index (χ0v) is 8.18. The summed E-state index contributed by atoms with van der Waals surface area (Å²) in [6, 6.07) is -0.675. The van der Waals surface area contributed by atoms with E-state index in [1.165, 1.54) is 20.2 Å². The number of ether oxygens (including phenoxy) is 1. The Kier molecular flexibility index (Phi) is 3.21. The molecule has 82 valence electrons. The monoisotopic (exact) mass is 214 g/mol. The van der Waals surface area contributed by atoms with Crippen molar-refractivity contribution in [3.63, 3.8) is 0 Å². The lowest BCUT2D eigenvalue weighted by Gasteiger charge is -2.10. The minimum Gasteiger partial charge on any atom is -0.467 e. The number of nitrogens with one attached hydrogen (secondary N) is 2. The maximum Gasteiger partial charge on any atom is 0.366 e. The minimum atomic E-state index is -0.675. The van der Waals surface area contributed by atoms with Crippen molar-refractivity contribution in [3.8, 4) is 0 Å². The summed E-state index contributed by atoms with van der Waals surface area (Å²) < 4.78 is 4.46. The normalized spacial score (nSPS) is 11.9. The van der Waals surface area contributed by atoms with Crippen LogP contribution in [0.3, 0.4) is 0 Å². The lowest BCUT2D eigenvalue weighted by atomic mass is 10.3. The van der Waals surface area contributed by atoms with E-state index in [1.807, 2.05) is 0 Å². The number of nitrogens with zero attached hydrogens (tertiary/aromatic N) is 2. The number of anilines is 1. The Morgan fingerprint density at radius 1 is 1.80 bits per heavy atom. The summed E-state index contributed by atoms with van der Waals surface area (Å²) in [5.41, 5.74) is 0.151. The highest BCUT2D eigenvalue weighted by Gasteiger charge is 2.20. The molecule has 0 aliphatic rings. The van der Waals surface area contributed by atoms with Crippen LogP contribution in [0.1, 0.15) is 6.92 Å². The van der Waals surface area contributed by atoms with Gasteiger partial charge < -0.3 is 20.2 Å². The number of carbonyl (C=O) groups is 1. The zero-order valence-electron chi connectivity index (χ0n) is 8.18. The summed E-state index contributed by atoms with van der Waals surface area (Å²) in [5, 5.41) is 18.8. The third-order valence-corrected chi connectivity index (χ3v) is 1.73. The van der Waals surface area contributed by atoms with E-state index in [-0.39, 0.29) is 11.5 Å². The van der Waals surface area contributed by atoms with Gasteiger partial charge in [0.25, 0.3) is 0 Å². The summed E-state index contributed by atoms with van der Waals surface area (Å²) >= 11 is 0. The maximum absolute atomic E-state index is 11.0. The Balaban J connectivity index is 2.76. The van der Waals surface area contributed by atoms with Crippen LogP contribution in [0.4, 0.5) is 11.5 Å². The van der Waals surface area contributed by atoms with Gasteiger partial charge >= 0.3 is 11.8 Å². The number of rotatable bonds is 4. The Hall–Kier alpha value is -2.12. The molecule has 0 saturated heterocycles. The standard InChI is InChI=1S/C7H10N4O4/c1-4(7(12)15-2)9-5-3-8-10-6(5)11(13)14/h3-4,9H,1-2H3,(H,8,10). The number of aromatic nitrogens is 2. The minimum absolute atomic E-state index is 0.151. The molecule has 2 N–H and O–H groups in total. The molecule has 0 aliphatic carbocycles. The van der Waals surface area contributed by atoms with Crippen molar-refractivity contribution in [2.24, 2.45) is 0 Å². The van der Waals surface area contributed by atoms with E-state index < -0.39 is 16.9 Å². The van der Waals surface area contributed by atoms with E-state index in [0.717, 1.165) is 0 Å². The number of hydrogen-bond acceptors (Lipinski definition) is 6. The molecule has 1 aromatic rings. The quantitative estimate of drug-likeness (QED) is 0.423. The second-order valence-corrected chi connectivity index (χ2v) is 2.78. The van der Waals surface area contributed by atoms with Gasteiger partial charge in [-0.15, -0.1) is 5.10 Å². The van der Waals surface area contributed by atoms with Gasteiger partial charge in [-0.3, -0.25) is 0 Å². The Bertz CT molecular complexity index is 375. The highest BCUT2D eigenvalue weighted by atomic mass is 16.6. The fraction of sp³-hybridized carbons (Fsp3) is 0.429. The lowest BCUT2D eigenvalue weighted by molar-refractivity contribution is -0.388. The van der Waals surface area contributed by atoms with Crippen molar-refractivity contribution < 1.29 is 14.5 Å². The van der Waals surface area contributed by atoms with Gasteiger partial charge in [0.15, 0.2) is 5.69 Å².